The van der Waals surface area contributed by atoms with Gasteiger partial charge in [0.05, 0.1) is 7.11 Å². The van der Waals surface area contributed by atoms with Crippen molar-refractivity contribution in [2.75, 3.05) is 13.7 Å². The first-order valence-electron chi connectivity index (χ1n) is 5.66. The predicted octanol–water partition coefficient (Wildman–Crippen LogP) is 1.09. The molecule has 1 aromatic carbocycles. The Kier molecular flexibility index (Phi) is 2.04. The molecule has 1 aliphatic carbocycles. The first kappa shape index (κ1) is 9.85. The molecule has 3 atom stereocenters. The first-order chi connectivity index (χ1) is 7.79. The number of fused-ring (bicyclic) bond motifs is 1. The van der Waals surface area contributed by atoms with E-state index in [0.717, 1.165) is 13.0 Å². The Labute approximate surface area is 94.8 Å². The summed E-state index contributed by atoms with van der Waals surface area (Å²) in [5.41, 5.74) is 1.27. The Bertz CT molecular complexity index is 417. The Morgan fingerprint density at radius 1 is 1.44 bits per heavy atom. The van der Waals surface area contributed by atoms with Gasteiger partial charge in [-0.05, 0) is 24.4 Å². The molecular formula is C13H15NO2. The lowest BCUT2D eigenvalue weighted by atomic mass is 9.88. The van der Waals surface area contributed by atoms with Gasteiger partial charge in [0.2, 0.25) is 0 Å². The first-order valence-corrected chi connectivity index (χ1v) is 5.66. The van der Waals surface area contributed by atoms with E-state index in [0.29, 0.717) is 5.92 Å². The van der Waals surface area contributed by atoms with Crippen LogP contribution < -0.4 is 5.32 Å². The maximum Gasteiger partial charge on any atom is 0.323 e. The number of carbonyl (C=O) groups excluding carboxylic acids is 1. The third kappa shape index (κ3) is 1.15. The van der Waals surface area contributed by atoms with Gasteiger partial charge < -0.3 is 10.1 Å². The highest BCUT2D eigenvalue weighted by Crippen LogP contribution is 2.59. The van der Waals surface area contributed by atoms with E-state index < -0.39 is 0 Å². The smallest absolute Gasteiger partial charge is 0.323 e. The van der Waals surface area contributed by atoms with E-state index in [1.54, 1.807) is 0 Å². The van der Waals surface area contributed by atoms with Gasteiger partial charge in [0.25, 0.3) is 0 Å². The van der Waals surface area contributed by atoms with Crippen molar-refractivity contribution in [2.45, 2.75) is 17.9 Å². The molecule has 1 N–H and O–H groups in total. The van der Waals surface area contributed by atoms with E-state index in [-0.39, 0.29) is 17.4 Å². The SMILES string of the molecule is COC(=O)C1NCC2CC21c1ccccc1. The van der Waals surface area contributed by atoms with E-state index in [4.69, 9.17) is 4.74 Å². The van der Waals surface area contributed by atoms with Gasteiger partial charge in [0.1, 0.15) is 6.04 Å². The lowest BCUT2D eigenvalue weighted by Gasteiger charge is -2.21. The average Bonchev–Trinajstić information content (AvgIpc) is 2.97. The molecule has 1 saturated carbocycles. The van der Waals surface area contributed by atoms with Crippen molar-refractivity contribution in [3.8, 4) is 0 Å². The van der Waals surface area contributed by atoms with Crippen molar-refractivity contribution in [1.82, 2.24) is 5.32 Å². The largest absolute Gasteiger partial charge is 0.468 e. The molecular weight excluding hydrogens is 202 g/mol. The van der Waals surface area contributed by atoms with Crippen LogP contribution in [0.15, 0.2) is 30.3 Å². The molecule has 3 rings (SSSR count). The van der Waals surface area contributed by atoms with Crippen LogP contribution in [0.2, 0.25) is 0 Å². The van der Waals surface area contributed by atoms with E-state index in [9.17, 15) is 4.79 Å². The maximum atomic E-state index is 11.7. The number of ether oxygens (including phenoxy) is 1. The molecule has 0 aromatic heterocycles. The molecule has 1 aromatic rings. The molecule has 0 bridgehead atoms. The Morgan fingerprint density at radius 2 is 2.19 bits per heavy atom. The third-order valence-electron chi connectivity index (χ3n) is 3.98. The molecule has 2 aliphatic rings. The highest BCUT2D eigenvalue weighted by Gasteiger charge is 2.66. The summed E-state index contributed by atoms with van der Waals surface area (Å²) in [6.07, 6.45) is 1.10. The van der Waals surface area contributed by atoms with Crippen LogP contribution in [0, 0.1) is 5.92 Å². The van der Waals surface area contributed by atoms with Gasteiger partial charge in [-0.1, -0.05) is 30.3 Å². The number of carbonyl (C=O) groups is 1. The van der Waals surface area contributed by atoms with E-state index in [1.165, 1.54) is 12.7 Å². The highest BCUT2D eigenvalue weighted by atomic mass is 16.5. The van der Waals surface area contributed by atoms with Crippen LogP contribution in [0.4, 0.5) is 0 Å². The van der Waals surface area contributed by atoms with Gasteiger partial charge in [-0.2, -0.15) is 0 Å². The molecule has 0 radical (unpaired) electrons. The number of benzene rings is 1. The normalized spacial score (nSPS) is 35.6. The van der Waals surface area contributed by atoms with Crippen molar-refractivity contribution in [3.63, 3.8) is 0 Å². The fourth-order valence-electron chi connectivity index (χ4n) is 3.08. The lowest BCUT2D eigenvalue weighted by Crippen LogP contribution is -2.42. The molecule has 1 saturated heterocycles. The monoisotopic (exact) mass is 217 g/mol. The molecule has 3 nitrogen and oxygen atoms in total. The van der Waals surface area contributed by atoms with Gasteiger partial charge in [-0.25, -0.2) is 0 Å². The topological polar surface area (TPSA) is 38.3 Å². The van der Waals surface area contributed by atoms with Crippen molar-refractivity contribution >= 4 is 5.97 Å². The van der Waals surface area contributed by atoms with E-state index >= 15 is 0 Å². The molecule has 1 heterocycles. The second kappa shape index (κ2) is 3.32. The number of hydrogen-bond acceptors (Lipinski definition) is 3. The quantitative estimate of drug-likeness (QED) is 0.754. The van der Waals surface area contributed by atoms with Crippen LogP contribution in [0.1, 0.15) is 12.0 Å². The Morgan fingerprint density at radius 3 is 2.81 bits per heavy atom. The number of piperidine rings is 1. The maximum absolute atomic E-state index is 11.7. The minimum absolute atomic E-state index is 0.00829. The van der Waals surface area contributed by atoms with Crippen molar-refractivity contribution < 1.29 is 9.53 Å². The molecule has 3 unspecified atom stereocenters. The summed E-state index contributed by atoms with van der Waals surface area (Å²) in [5, 5.41) is 3.27. The van der Waals surface area contributed by atoms with Crippen LogP contribution in [0.3, 0.4) is 0 Å². The second-order valence-electron chi connectivity index (χ2n) is 4.67. The minimum Gasteiger partial charge on any atom is -0.468 e. The number of methoxy groups -OCH3 is 1. The van der Waals surface area contributed by atoms with Gasteiger partial charge >= 0.3 is 5.97 Å². The van der Waals surface area contributed by atoms with Crippen LogP contribution in [-0.4, -0.2) is 25.7 Å². The lowest BCUT2D eigenvalue weighted by molar-refractivity contribution is -0.143. The van der Waals surface area contributed by atoms with Crippen LogP contribution in [0.25, 0.3) is 0 Å². The highest BCUT2D eigenvalue weighted by molar-refractivity contribution is 5.80. The van der Waals surface area contributed by atoms with Gasteiger partial charge in [0, 0.05) is 5.41 Å². The molecule has 16 heavy (non-hydrogen) atoms. The minimum atomic E-state index is -0.162. The number of rotatable bonds is 2. The number of esters is 1. The third-order valence-corrected chi connectivity index (χ3v) is 3.98. The van der Waals surface area contributed by atoms with Crippen LogP contribution in [0.5, 0.6) is 0 Å². The fraction of sp³-hybridized carbons (Fsp3) is 0.462. The fourth-order valence-corrected chi connectivity index (χ4v) is 3.08. The van der Waals surface area contributed by atoms with Crippen molar-refractivity contribution in [1.29, 1.82) is 0 Å². The van der Waals surface area contributed by atoms with Crippen molar-refractivity contribution in [2.24, 2.45) is 5.92 Å². The van der Waals surface area contributed by atoms with E-state index in [1.807, 2.05) is 18.2 Å². The summed E-state index contributed by atoms with van der Waals surface area (Å²) >= 11 is 0. The zero-order valence-corrected chi connectivity index (χ0v) is 9.27. The van der Waals surface area contributed by atoms with Crippen LogP contribution in [-0.2, 0) is 14.9 Å². The zero-order valence-electron chi connectivity index (χ0n) is 9.27. The molecule has 2 fully saturated rings. The number of hydrogen-bond donors (Lipinski definition) is 1. The average molecular weight is 217 g/mol. The van der Waals surface area contributed by atoms with E-state index in [2.05, 4.69) is 17.4 Å². The molecule has 1 aliphatic heterocycles. The summed E-state index contributed by atoms with van der Waals surface area (Å²) in [6.45, 7) is 0.925. The van der Waals surface area contributed by atoms with Gasteiger partial charge in [0.15, 0.2) is 0 Å². The van der Waals surface area contributed by atoms with Gasteiger partial charge in [-0.15, -0.1) is 0 Å². The molecule has 3 heteroatoms. The summed E-state index contributed by atoms with van der Waals surface area (Å²) in [6, 6.07) is 10.1. The summed E-state index contributed by atoms with van der Waals surface area (Å²) in [4.78, 5) is 11.7. The Hall–Kier alpha value is -1.35. The molecule has 0 spiro atoms. The molecule has 84 valence electrons. The summed E-state index contributed by atoms with van der Waals surface area (Å²) in [7, 11) is 1.46. The molecule has 0 amide bonds. The number of nitrogens with one attached hydrogen (secondary N) is 1. The Balaban J connectivity index is 1.97. The standard InChI is InChI=1S/C13H15NO2/c1-16-12(15)11-13(7-10(13)8-14-11)9-5-3-2-4-6-9/h2-6,10-11,14H,7-8H2,1H3. The van der Waals surface area contributed by atoms with Gasteiger partial charge in [-0.3, -0.25) is 4.79 Å². The second-order valence-corrected chi connectivity index (χ2v) is 4.67. The zero-order chi connectivity index (χ0) is 11.2. The predicted molar refractivity (Wildman–Crippen MR) is 60.0 cm³/mol. The van der Waals surface area contributed by atoms with Crippen LogP contribution >= 0.6 is 0 Å². The summed E-state index contributed by atoms with van der Waals surface area (Å²) < 4.78 is 4.88. The summed E-state index contributed by atoms with van der Waals surface area (Å²) in [5.74, 6) is 0.461. The van der Waals surface area contributed by atoms with Crippen molar-refractivity contribution in [3.05, 3.63) is 35.9 Å².